The van der Waals surface area contributed by atoms with Crippen LogP contribution in [0, 0.1) is 5.92 Å². The molecule has 1 fully saturated rings. The number of carbonyl (C=O) groups is 2. The lowest BCUT2D eigenvalue weighted by molar-refractivity contribution is 0.0519. The quantitative estimate of drug-likeness (QED) is 0.851. The highest BCUT2D eigenvalue weighted by atomic mass is 16.6. The van der Waals surface area contributed by atoms with Gasteiger partial charge in [-0.25, -0.2) is 4.79 Å². The van der Waals surface area contributed by atoms with Crippen LogP contribution >= 0.6 is 0 Å². The monoisotopic (exact) mass is 379 g/mol. The van der Waals surface area contributed by atoms with Crippen LogP contribution in [0.25, 0.3) is 0 Å². The normalized spacial score (nSPS) is 17.4. The van der Waals surface area contributed by atoms with Crippen molar-refractivity contribution < 1.29 is 18.7 Å². The van der Waals surface area contributed by atoms with E-state index in [4.69, 9.17) is 9.15 Å². The highest BCUT2D eigenvalue weighted by Gasteiger charge is 2.29. The molecular weight excluding hydrogens is 346 g/mol. The molecule has 1 aromatic rings. The van der Waals surface area contributed by atoms with E-state index < -0.39 is 11.7 Å². The summed E-state index contributed by atoms with van der Waals surface area (Å²) in [6.45, 7) is 9.82. The third kappa shape index (κ3) is 6.27. The van der Waals surface area contributed by atoms with Gasteiger partial charge in [0, 0.05) is 13.1 Å². The summed E-state index contributed by atoms with van der Waals surface area (Å²) in [6.07, 6.45) is 1.68. The number of alkyl carbamates (subject to hydrolysis) is 1. The average Bonchev–Trinajstić information content (AvgIpc) is 3.06. The number of nitrogens with one attached hydrogen (secondary N) is 1. The van der Waals surface area contributed by atoms with Crippen LogP contribution in [0.5, 0.6) is 0 Å². The maximum atomic E-state index is 12.7. The molecule has 0 radical (unpaired) electrons. The molecule has 1 saturated heterocycles. The molecule has 1 atom stereocenters. The minimum atomic E-state index is -0.554. The van der Waals surface area contributed by atoms with Crippen molar-refractivity contribution in [2.45, 2.75) is 58.7 Å². The van der Waals surface area contributed by atoms with Gasteiger partial charge in [0.05, 0.1) is 6.54 Å². The molecule has 1 aromatic heterocycles. The van der Waals surface area contributed by atoms with E-state index in [1.807, 2.05) is 7.05 Å². The fourth-order valence-corrected chi connectivity index (χ4v) is 3.25. The predicted octanol–water partition coefficient (Wildman–Crippen LogP) is 3.11. The number of furan rings is 1. The van der Waals surface area contributed by atoms with Crippen LogP contribution in [0.1, 0.15) is 56.9 Å². The standard InChI is InChI=1S/C20H33N3O4/c1-14(15-9-11-22(5)12-10-15)23(6)18(24)17-8-7-16(26-17)13-21-19(25)27-20(2,3)4/h7-8,14-15H,9-13H2,1-6H3,(H,21,25)/t14-/m1/s1. The fraction of sp³-hybridized carbons (Fsp3) is 0.700. The Labute approximate surface area is 162 Å². The van der Waals surface area contributed by atoms with Gasteiger partial charge in [-0.15, -0.1) is 0 Å². The molecule has 0 spiro atoms. The lowest BCUT2D eigenvalue weighted by Crippen LogP contribution is -2.44. The molecule has 7 nitrogen and oxygen atoms in total. The van der Waals surface area contributed by atoms with E-state index in [1.165, 1.54) is 0 Å². The Hall–Kier alpha value is -2.02. The molecule has 1 aliphatic heterocycles. The Bertz CT molecular complexity index is 642. The van der Waals surface area contributed by atoms with Crippen molar-refractivity contribution in [1.82, 2.24) is 15.1 Å². The lowest BCUT2D eigenvalue weighted by atomic mass is 9.89. The van der Waals surface area contributed by atoms with E-state index >= 15 is 0 Å². The molecular formula is C20H33N3O4. The third-order valence-corrected chi connectivity index (χ3v) is 5.05. The summed E-state index contributed by atoms with van der Waals surface area (Å²) in [4.78, 5) is 28.5. The summed E-state index contributed by atoms with van der Waals surface area (Å²) < 4.78 is 10.8. The molecule has 0 saturated carbocycles. The van der Waals surface area contributed by atoms with Crippen molar-refractivity contribution in [1.29, 1.82) is 0 Å². The molecule has 27 heavy (non-hydrogen) atoms. The van der Waals surface area contributed by atoms with Crippen molar-refractivity contribution in [3.8, 4) is 0 Å². The van der Waals surface area contributed by atoms with Crippen LogP contribution in [0.2, 0.25) is 0 Å². The minimum absolute atomic E-state index is 0.134. The summed E-state index contributed by atoms with van der Waals surface area (Å²) in [5.41, 5.74) is -0.554. The molecule has 2 amide bonds. The molecule has 2 heterocycles. The van der Waals surface area contributed by atoms with Crippen molar-refractivity contribution in [2.24, 2.45) is 5.92 Å². The van der Waals surface area contributed by atoms with Crippen LogP contribution < -0.4 is 5.32 Å². The summed E-state index contributed by atoms with van der Waals surface area (Å²) >= 11 is 0. The molecule has 1 aliphatic rings. The van der Waals surface area contributed by atoms with Crippen LogP contribution in [-0.2, 0) is 11.3 Å². The van der Waals surface area contributed by atoms with Crippen LogP contribution in [0.15, 0.2) is 16.5 Å². The Balaban J connectivity index is 1.88. The van der Waals surface area contributed by atoms with Gasteiger partial charge in [0.1, 0.15) is 11.4 Å². The summed E-state index contributed by atoms with van der Waals surface area (Å²) in [5.74, 6) is 1.17. The molecule has 152 valence electrons. The largest absolute Gasteiger partial charge is 0.454 e. The van der Waals surface area contributed by atoms with E-state index in [1.54, 1.807) is 37.8 Å². The second kappa shape index (κ2) is 8.78. The second-order valence-electron chi connectivity index (χ2n) is 8.42. The van der Waals surface area contributed by atoms with Gasteiger partial charge in [0.25, 0.3) is 5.91 Å². The zero-order valence-electron chi connectivity index (χ0n) is 17.4. The van der Waals surface area contributed by atoms with E-state index in [9.17, 15) is 9.59 Å². The first-order valence-corrected chi connectivity index (χ1v) is 9.58. The first-order chi connectivity index (χ1) is 12.6. The summed E-state index contributed by atoms with van der Waals surface area (Å²) in [6, 6.07) is 3.52. The van der Waals surface area contributed by atoms with Crippen LogP contribution in [0.3, 0.4) is 0 Å². The van der Waals surface area contributed by atoms with Gasteiger partial charge in [-0.05, 0) is 78.7 Å². The van der Waals surface area contributed by atoms with Crippen molar-refractivity contribution in [3.63, 3.8) is 0 Å². The van der Waals surface area contributed by atoms with E-state index in [0.717, 1.165) is 25.9 Å². The number of piperidine rings is 1. The number of hydrogen-bond acceptors (Lipinski definition) is 5. The molecule has 0 bridgehead atoms. The van der Waals surface area contributed by atoms with Crippen LogP contribution in [-0.4, -0.2) is 60.6 Å². The lowest BCUT2D eigenvalue weighted by Gasteiger charge is -2.36. The zero-order chi connectivity index (χ0) is 20.2. The molecule has 2 rings (SSSR count). The molecule has 0 aromatic carbocycles. The predicted molar refractivity (Wildman–Crippen MR) is 104 cm³/mol. The molecule has 0 unspecified atom stereocenters. The van der Waals surface area contributed by atoms with Gasteiger partial charge in [0.2, 0.25) is 0 Å². The topological polar surface area (TPSA) is 75.0 Å². The minimum Gasteiger partial charge on any atom is -0.454 e. The van der Waals surface area contributed by atoms with Gasteiger partial charge in [-0.2, -0.15) is 0 Å². The van der Waals surface area contributed by atoms with Gasteiger partial charge >= 0.3 is 6.09 Å². The molecule has 0 aliphatic carbocycles. The first kappa shape index (κ1) is 21.3. The Morgan fingerprint density at radius 3 is 2.56 bits per heavy atom. The fourth-order valence-electron chi connectivity index (χ4n) is 3.25. The second-order valence-corrected chi connectivity index (χ2v) is 8.42. The smallest absolute Gasteiger partial charge is 0.408 e. The van der Waals surface area contributed by atoms with Crippen molar-refractivity contribution in [2.75, 3.05) is 27.2 Å². The number of ether oxygens (including phenoxy) is 1. The number of hydrogen-bond donors (Lipinski definition) is 1. The Morgan fingerprint density at radius 2 is 1.96 bits per heavy atom. The number of nitrogens with zero attached hydrogens (tertiary/aromatic N) is 2. The van der Waals surface area contributed by atoms with Gasteiger partial charge in [-0.3, -0.25) is 4.79 Å². The van der Waals surface area contributed by atoms with E-state index in [2.05, 4.69) is 24.2 Å². The maximum Gasteiger partial charge on any atom is 0.408 e. The Kier molecular flexibility index (Phi) is 6.92. The highest BCUT2D eigenvalue weighted by molar-refractivity contribution is 5.91. The zero-order valence-corrected chi connectivity index (χ0v) is 17.4. The van der Waals surface area contributed by atoms with Crippen molar-refractivity contribution >= 4 is 12.0 Å². The molecule has 1 N–H and O–H groups in total. The third-order valence-electron chi connectivity index (χ3n) is 5.05. The maximum absolute atomic E-state index is 12.7. The SMILES string of the molecule is C[C@H](C1CCN(C)CC1)N(C)C(=O)c1ccc(CNC(=O)OC(C)(C)C)o1. The number of amides is 2. The number of likely N-dealkylation sites (tertiary alicyclic amines) is 1. The van der Waals surface area contributed by atoms with Crippen molar-refractivity contribution in [3.05, 3.63) is 23.7 Å². The number of rotatable bonds is 5. The average molecular weight is 380 g/mol. The summed E-state index contributed by atoms with van der Waals surface area (Å²) in [5, 5.41) is 2.63. The van der Waals surface area contributed by atoms with E-state index in [0.29, 0.717) is 17.4 Å². The van der Waals surface area contributed by atoms with Gasteiger partial charge in [0.15, 0.2) is 5.76 Å². The first-order valence-electron chi connectivity index (χ1n) is 9.58. The summed E-state index contributed by atoms with van der Waals surface area (Å²) in [7, 11) is 3.96. The van der Waals surface area contributed by atoms with Crippen LogP contribution in [0.4, 0.5) is 4.79 Å². The molecule has 7 heteroatoms. The number of carbonyl (C=O) groups excluding carboxylic acids is 2. The Morgan fingerprint density at radius 1 is 1.33 bits per heavy atom. The van der Waals surface area contributed by atoms with E-state index in [-0.39, 0.29) is 18.5 Å². The highest BCUT2D eigenvalue weighted by Crippen LogP contribution is 2.24. The van der Waals surface area contributed by atoms with Gasteiger partial charge < -0.3 is 24.3 Å². The van der Waals surface area contributed by atoms with Gasteiger partial charge in [-0.1, -0.05) is 0 Å².